The Morgan fingerprint density at radius 2 is 2.11 bits per heavy atom. The number of likely N-dealkylation sites (tertiary alicyclic amines) is 1. The van der Waals surface area contributed by atoms with E-state index < -0.39 is 0 Å². The third-order valence-electron chi connectivity index (χ3n) is 4.89. The number of anilines is 1. The number of rotatable bonds is 5. The fourth-order valence-corrected chi connectivity index (χ4v) is 4.12. The van der Waals surface area contributed by atoms with Gasteiger partial charge < -0.3 is 14.8 Å². The summed E-state index contributed by atoms with van der Waals surface area (Å²) in [5.74, 6) is 1.46. The molecule has 0 saturated carbocycles. The molecule has 1 aliphatic heterocycles. The molecule has 4 rings (SSSR count). The summed E-state index contributed by atoms with van der Waals surface area (Å²) in [6.45, 7) is 2.18. The highest BCUT2D eigenvalue weighted by Gasteiger charge is 2.28. The van der Waals surface area contributed by atoms with E-state index >= 15 is 0 Å². The molecule has 1 fully saturated rings. The molecule has 1 aliphatic rings. The Morgan fingerprint density at radius 1 is 1.26 bits per heavy atom. The minimum Gasteiger partial charge on any atom is -0.365 e. The van der Waals surface area contributed by atoms with Gasteiger partial charge >= 0.3 is 0 Å². The first-order valence-electron chi connectivity index (χ1n) is 9.08. The second-order valence-electron chi connectivity index (χ2n) is 6.59. The van der Waals surface area contributed by atoms with E-state index in [-0.39, 0.29) is 5.91 Å². The summed E-state index contributed by atoms with van der Waals surface area (Å²) >= 11 is 1.45. The number of carbonyl (C=O) groups is 1. The van der Waals surface area contributed by atoms with E-state index in [4.69, 9.17) is 0 Å². The Hall–Kier alpha value is -2.74. The average Bonchev–Trinajstić information content (AvgIpc) is 3.38. The molecule has 0 unspecified atom stereocenters. The van der Waals surface area contributed by atoms with Crippen molar-refractivity contribution in [3.8, 4) is 0 Å². The first-order chi connectivity index (χ1) is 13.2. The molecule has 0 aliphatic carbocycles. The average molecular weight is 382 g/mol. The van der Waals surface area contributed by atoms with Gasteiger partial charge in [-0.25, -0.2) is 9.97 Å². The molecule has 0 atom stereocenters. The predicted octanol–water partition coefficient (Wildman–Crippen LogP) is 2.84. The summed E-state index contributed by atoms with van der Waals surface area (Å²) in [5, 5.41) is 5.57. The van der Waals surface area contributed by atoms with Crippen molar-refractivity contribution in [3.05, 3.63) is 59.4 Å². The number of pyridine rings is 1. The number of carbonyl (C=O) groups excluding carboxylic acids is 1. The minimum absolute atomic E-state index is 0.0167. The number of thiazole rings is 1. The van der Waals surface area contributed by atoms with Crippen molar-refractivity contribution < 1.29 is 4.79 Å². The molecule has 4 heterocycles. The van der Waals surface area contributed by atoms with Crippen LogP contribution in [0, 0.1) is 0 Å². The highest BCUT2D eigenvalue weighted by molar-refractivity contribution is 7.13. The van der Waals surface area contributed by atoms with Gasteiger partial charge in [0.15, 0.2) is 5.13 Å². The van der Waals surface area contributed by atoms with Crippen LogP contribution in [0.3, 0.4) is 0 Å². The van der Waals surface area contributed by atoms with Crippen LogP contribution in [0.4, 0.5) is 5.13 Å². The van der Waals surface area contributed by atoms with E-state index in [0.29, 0.717) is 11.6 Å². The molecule has 1 amide bonds. The van der Waals surface area contributed by atoms with Crippen LogP contribution in [-0.4, -0.2) is 50.5 Å². The smallest absolute Gasteiger partial charge is 0.273 e. The van der Waals surface area contributed by atoms with Crippen molar-refractivity contribution in [2.75, 3.05) is 25.5 Å². The standard InChI is InChI=1S/C19H22N6OS/c1-20-19-23-16(13-27-19)18(26)24-9-5-14(6-10-24)17-22-8-11-25(17)12-15-4-2-3-7-21-15/h2-4,7-8,11,13-14H,5-6,9-10,12H2,1H3,(H,20,23). The summed E-state index contributed by atoms with van der Waals surface area (Å²) in [4.78, 5) is 27.9. The zero-order valence-electron chi connectivity index (χ0n) is 15.2. The van der Waals surface area contributed by atoms with Crippen LogP contribution in [0.15, 0.2) is 42.2 Å². The van der Waals surface area contributed by atoms with Gasteiger partial charge in [-0.05, 0) is 25.0 Å². The zero-order chi connectivity index (χ0) is 18.6. The molecule has 0 spiro atoms. The number of amides is 1. The molecule has 0 bridgehead atoms. The summed E-state index contributed by atoms with van der Waals surface area (Å²) in [6.07, 6.45) is 7.50. The molecular formula is C19H22N6OS. The summed E-state index contributed by atoms with van der Waals surface area (Å²) in [6, 6.07) is 5.95. The van der Waals surface area contributed by atoms with Crippen molar-refractivity contribution in [1.29, 1.82) is 0 Å². The SMILES string of the molecule is CNc1nc(C(=O)N2CCC(c3nccn3Cc3ccccn3)CC2)cs1. The van der Waals surface area contributed by atoms with Crippen molar-refractivity contribution >= 4 is 22.4 Å². The lowest BCUT2D eigenvalue weighted by Gasteiger charge is -2.31. The molecule has 0 aromatic carbocycles. The van der Waals surface area contributed by atoms with Gasteiger partial charge in [0.2, 0.25) is 0 Å². The molecule has 3 aromatic heterocycles. The van der Waals surface area contributed by atoms with Crippen molar-refractivity contribution in [2.24, 2.45) is 0 Å². The van der Waals surface area contributed by atoms with Crippen LogP contribution < -0.4 is 5.32 Å². The van der Waals surface area contributed by atoms with E-state index in [2.05, 4.69) is 24.8 Å². The van der Waals surface area contributed by atoms with Gasteiger partial charge in [-0.1, -0.05) is 6.07 Å². The van der Waals surface area contributed by atoms with Crippen molar-refractivity contribution in [1.82, 2.24) is 24.4 Å². The van der Waals surface area contributed by atoms with Crippen LogP contribution in [0.2, 0.25) is 0 Å². The van der Waals surface area contributed by atoms with E-state index in [1.54, 1.807) is 0 Å². The molecule has 3 aromatic rings. The maximum atomic E-state index is 12.6. The van der Waals surface area contributed by atoms with Crippen LogP contribution in [-0.2, 0) is 6.54 Å². The largest absolute Gasteiger partial charge is 0.365 e. The topological polar surface area (TPSA) is 75.9 Å². The monoisotopic (exact) mass is 382 g/mol. The van der Waals surface area contributed by atoms with Crippen LogP contribution in [0.1, 0.15) is 40.8 Å². The quantitative estimate of drug-likeness (QED) is 0.734. The van der Waals surface area contributed by atoms with Crippen LogP contribution >= 0.6 is 11.3 Å². The molecule has 7 nitrogen and oxygen atoms in total. The van der Waals surface area contributed by atoms with E-state index in [0.717, 1.165) is 49.1 Å². The molecule has 0 radical (unpaired) electrons. The van der Waals surface area contributed by atoms with Gasteiger partial charge in [-0.2, -0.15) is 0 Å². The molecule has 27 heavy (non-hydrogen) atoms. The lowest BCUT2D eigenvalue weighted by Crippen LogP contribution is -2.38. The number of aromatic nitrogens is 4. The molecule has 8 heteroatoms. The number of hydrogen-bond acceptors (Lipinski definition) is 6. The second-order valence-corrected chi connectivity index (χ2v) is 7.45. The number of piperidine rings is 1. The lowest BCUT2D eigenvalue weighted by atomic mass is 9.95. The molecule has 1 N–H and O–H groups in total. The third-order valence-corrected chi connectivity index (χ3v) is 5.75. The fraction of sp³-hybridized carbons (Fsp3) is 0.368. The van der Waals surface area contributed by atoms with E-state index in [9.17, 15) is 4.79 Å². The Bertz CT molecular complexity index is 898. The highest BCUT2D eigenvalue weighted by Crippen LogP contribution is 2.28. The third kappa shape index (κ3) is 3.85. The van der Waals surface area contributed by atoms with Gasteiger partial charge in [-0.15, -0.1) is 11.3 Å². The lowest BCUT2D eigenvalue weighted by molar-refractivity contribution is 0.0705. The van der Waals surface area contributed by atoms with Crippen LogP contribution in [0.25, 0.3) is 0 Å². The fourth-order valence-electron chi connectivity index (χ4n) is 3.47. The molecule has 1 saturated heterocycles. The second kappa shape index (κ2) is 7.87. The van der Waals surface area contributed by atoms with Crippen molar-refractivity contribution in [3.63, 3.8) is 0 Å². The number of hydrogen-bond donors (Lipinski definition) is 1. The number of nitrogens with zero attached hydrogens (tertiary/aromatic N) is 5. The van der Waals surface area contributed by atoms with E-state index in [1.165, 1.54) is 11.3 Å². The first kappa shape index (κ1) is 17.7. The maximum absolute atomic E-state index is 12.6. The van der Waals surface area contributed by atoms with Gasteiger partial charge in [0.05, 0.1) is 12.2 Å². The summed E-state index contributed by atoms with van der Waals surface area (Å²) in [5.41, 5.74) is 1.55. The van der Waals surface area contributed by atoms with Gasteiger partial charge in [0.1, 0.15) is 11.5 Å². The zero-order valence-corrected chi connectivity index (χ0v) is 16.0. The van der Waals surface area contributed by atoms with E-state index in [1.807, 2.05) is 54.1 Å². The normalized spacial score (nSPS) is 15.1. The maximum Gasteiger partial charge on any atom is 0.273 e. The number of nitrogens with one attached hydrogen (secondary N) is 1. The molecular weight excluding hydrogens is 360 g/mol. The first-order valence-corrected chi connectivity index (χ1v) is 9.96. The predicted molar refractivity (Wildman–Crippen MR) is 105 cm³/mol. The molecule has 140 valence electrons. The Labute approximate surface area is 162 Å². The van der Waals surface area contributed by atoms with Gasteiger partial charge in [0.25, 0.3) is 5.91 Å². The van der Waals surface area contributed by atoms with Gasteiger partial charge in [0, 0.05) is 50.0 Å². The number of imidazole rings is 1. The Balaban J connectivity index is 1.40. The van der Waals surface area contributed by atoms with Crippen molar-refractivity contribution in [2.45, 2.75) is 25.3 Å². The van der Waals surface area contributed by atoms with Gasteiger partial charge in [-0.3, -0.25) is 9.78 Å². The minimum atomic E-state index is 0.0167. The highest BCUT2D eigenvalue weighted by atomic mass is 32.1. The summed E-state index contributed by atoms with van der Waals surface area (Å²) in [7, 11) is 1.81. The Kier molecular flexibility index (Phi) is 5.15. The van der Waals surface area contributed by atoms with Crippen LogP contribution in [0.5, 0.6) is 0 Å². The Morgan fingerprint density at radius 3 is 2.81 bits per heavy atom. The summed E-state index contributed by atoms with van der Waals surface area (Å²) < 4.78 is 2.17.